The number of hydrogen-bond acceptors (Lipinski definition) is 6. The summed E-state index contributed by atoms with van der Waals surface area (Å²) in [5.74, 6) is 8.65. The summed E-state index contributed by atoms with van der Waals surface area (Å²) in [4.78, 5) is 0. The van der Waals surface area contributed by atoms with E-state index < -0.39 is 0 Å². The molecule has 2 heterocycles. The van der Waals surface area contributed by atoms with E-state index in [2.05, 4.69) is 10.2 Å². The van der Waals surface area contributed by atoms with E-state index in [0.717, 1.165) is 28.2 Å². The van der Waals surface area contributed by atoms with Gasteiger partial charge in [-0.25, -0.2) is 9.07 Å². The molecule has 0 bridgehead atoms. The van der Waals surface area contributed by atoms with Crippen molar-refractivity contribution in [1.29, 1.82) is 0 Å². The average molecular weight is 410 g/mol. The molecule has 0 aliphatic rings. The van der Waals surface area contributed by atoms with E-state index in [-0.39, 0.29) is 5.82 Å². The number of nitrogens with zero attached hydrogens (tertiary/aromatic N) is 3. The number of nitrogen functional groups attached to an aromatic ring is 1. The van der Waals surface area contributed by atoms with Crippen LogP contribution in [-0.2, 0) is 12.4 Å². The molecule has 6 nitrogen and oxygen atoms in total. The standard InChI is InChI=1S/C21H19FN4O2S/c1-14-19(10-11-27-14)20-24-25-21(26(20)23)29-13-16-4-8-18(9-5-16)28-12-15-2-6-17(22)7-3-15/h2-11H,12-13,23H2,1H3. The van der Waals surface area contributed by atoms with Crippen molar-refractivity contribution < 1.29 is 13.5 Å². The Bertz CT molecular complexity index is 1090. The van der Waals surface area contributed by atoms with E-state index in [1.165, 1.54) is 28.6 Å². The van der Waals surface area contributed by atoms with Crippen LogP contribution < -0.4 is 10.6 Å². The fourth-order valence-corrected chi connectivity index (χ4v) is 3.57. The van der Waals surface area contributed by atoms with Crippen LogP contribution in [0.2, 0.25) is 0 Å². The lowest BCUT2D eigenvalue weighted by Crippen LogP contribution is -2.11. The molecule has 0 unspecified atom stereocenters. The van der Waals surface area contributed by atoms with Crippen LogP contribution in [0.3, 0.4) is 0 Å². The van der Waals surface area contributed by atoms with Gasteiger partial charge in [-0.15, -0.1) is 10.2 Å². The zero-order valence-corrected chi connectivity index (χ0v) is 16.5. The molecule has 2 aromatic carbocycles. The monoisotopic (exact) mass is 410 g/mol. The molecule has 0 aliphatic carbocycles. The van der Waals surface area contributed by atoms with Gasteiger partial charge in [-0.05, 0) is 48.4 Å². The summed E-state index contributed by atoms with van der Waals surface area (Å²) < 4.78 is 25.5. The van der Waals surface area contributed by atoms with Crippen molar-refractivity contribution >= 4 is 11.8 Å². The average Bonchev–Trinajstić information content (AvgIpc) is 3.31. The fourth-order valence-electron chi connectivity index (χ4n) is 2.75. The Balaban J connectivity index is 1.34. The predicted octanol–water partition coefficient (Wildman–Crippen LogP) is 4.57. The summed E-state index contributed by atoms with van der Waals surface area (Å²) in [6.07, 6.45) is 1.60. The minimum atomic E-state index is -0.254. The number of nitrogens with two attached hydrogens (primary N) is 1. The maximum atomic E-state index is 12.9. The first-order valence-electron chi connectivity index (χ1n) is 8.94. The maximum Gasteiger partial charge on any atom is 0.210 e. The molecule has 0 radical (unpaired) electrons. The molecule has 4 rings (SSSR count). The summed E-state index contributed by atoms with van der Waals surface area (Å²) >= 11 is 1.50. The van der Waals surface area contributed by atoms with E-state index in [9.17, 15) is 4.39 Å². The molecule has 2 aromatic heterocycles. The van der Waals surface area contributed by atoms with E-state index >= 15 is 0 Å². The van der Waals surface area contributed by atoms with E-state index in [4.69, 9.17) is 15.0 Å². The van der Waals surface area contributed by atoms with E-state index in [1.54, 1.807) is 18.4 Å². The van der Waals surface area contributed by atoms with Crippen LogP contribution in [0.25, 0.3) is 11.4 Å². The van der Waals surface area contributed by atoms with Crippen LogP contribution in [0.5, 0.6) is 5.75 Å². The number of aromatic nitrogens is 3. The van der Waals surface area contributed by atoms with Crippen molar-refractivity contribution in [1.82, 2.24) is 14.9 Å². The third-order valence-electron chi connectivity index (χ3n) is 4.37. The van der Waals surface area contributed by atoms with Crippen LogP contribution in [0, 0.1) is 12.7 Å². The molecule has 0 saturated carbocycles. The molecule has 4 aromatic rings. The first kappa shape index (κ1) is 19.1. The van der Waals surface area contributed by atoms with Gasteiger partial charge in [-0.3, -0.25) is 0 Å². The topological polar surface area (TPSA) is 79.1 Å². The van der Waals surface area contributed by atoms with E-state index in [1.807, 2.05) is 37.3 Å². The third kappa shape index (κ3) is 4.43. The first-order valence-corrected chi connectivity index (χ1v) is 9.92. The Labute approximate surface area is 171 Å². The number of aryl methyl sites for hydroxylation is 1. The number of thioether (sulfide) groups is 1. The minimum absolute atomic E-state index is 0.254. The highest BCUT2D eigenvalue weighted by atomic mass is 32.2. The second kappa shape index (κ2) is 8.40. The van der Waals surface area contributed by atoms with Gasteiger partial charge in [0, 0.05) is 5.75 Å². The molecule has 29 heavy (non-hydrogen) atoms. The zero-order chi connectivity index (χ0) is 20.2. The summed E-state index contributed by atoms with van der Waals surface area (Å²) in [6, 6.07) is 15.9. The van der Waals surface area contributed by atoms with Gasteiger partial charge in [0.15, 0.2) is 5.82 Å². The lowest BCUT2D eigenvalue weighted by molar-refractivity contribution is 0.306. The molecule has 0 aliphatic heterocycles. The summed E-state index contributed by atoms with van der Waals surface area (Å²) in [5, 5.41) is 8.96. The molecule has 0 fully saturated rings. The zero-order valence-electron chi connectivity index (χ0n) is 15.7. The highest BCUT2D eigenvalue weighted by Crippen LogP contribution is 2.27. The predicted molar refractivity (Wildman–Crippen MR) is 109 cm³/mol. The van der Waals surface area contributed by atoms with Crippen LogP contribution in [0.15, 0.2) is 70.4 Å². The van der Waals surface area contributed by atoms with Crippen molar-refractivity contribution in [3.63, 3.8) is 0 Å². The molecule has 2 N–H and O–H groups in total. The van der Waals surface area contributed by atoms with Gasteiger partial charge in [-0.2, -0.15) is 0 Å². The molecule has 0 atom stereocenters. The Hall–Kier alpha value is -3.26. The van der Waals surface area contributed by atoms with Crippen LogP contribution >= 0.6 is 11.8 Å². The minimum Gasteiger partial charge on any atom is -0.489 e. The lowest BCUT2D eigenvalue weighted by Gasteiger charge is -2.07. The van der Waals surface area contributed by atoms with Crippen LogP contribution in [-0.4, -0.2) is 14.9 Å². The molecule has 0 amide bonds. The molecular weight excluding hydrogens is 391 g/mol. The summed E-state index contributed by atoms with van der Waals surface area (Å²) in [5.41, 5.74) is 2.85. The van der Waals surface area contributed by atoms with Gasteiger partial charge in [-0.1, -0.05) is 36.0 Å². The Morgan fingerprint density at radius 1 is 1.03 bits per heavy atom. The Morgan fingerprint density at radius 2 is 1.76 bits per heavy atom. The van der Waals surface area contributed by atoms with Crippen molar-refractivity contribution in [3.8, 4) is 17.1 Å². The van der Waals surface area contributed by atoms with Gasteiger partial charge in [0.1, 0.15) is 23.9 Å². The number of hydrogen-bond donors (Lipinski definition) is 1. The van der Waals surface area contributed by atoms with Crippen LogP contribution in [0.4, 0.5) is 4.39 Å². The second-order valence-corrected chi connectivity index (χ2v) is 7.36. The number of benzene rings is 2. The van der Waals surface area contributed by atoms with E-state index in [0.29, 0.717) is 23.3 Å². The molecule has 0 spiro atoms. The summed E-state index contributed by atoms with van der Waals surface area (Å²) in [6.45, 7) is 2.25. The third-order valence-corrected chi connectivity index (χ3v) is 5.39. The largest absolute Gasteiger partial charge is 0.489 e. The second-order valence-electron chi connectivity index (χ2n) is 6.41. The Morgan fingerprint density at radius 3 is 2.45 bits per heavy atom. The SMILES string of the molecule is Cc1occc1-c1nnc(SCc2ccc(OCc3ccc(F)cc3)cc2)n1N. The van der Waals surface area contributed by atoms with Gasteiger partial charge < -0.3 is 15.0 Å². The highest BCUT2D eigenvalue weighted by molar-refractivity contribution is 7.98. The quantitative estimate of drug-likeness (QED) is 0.355. The first-order chi connectivity index (χ1) is 14.1. The fraction of sp³-hybridized carbons (Fsp3) is 0.143. The maximum absolute atomic E-state index is 12.9. The van der Waals surface area contributed by atoms with Crippen molar-refractivity contribution in [2.45, 2.75) is 24.4 Å². The van der Waals surface area contributed by atoms with Crippen LogP contribution in [0.1, 0.15) is 16.9 Å². The van der Waals surface area contributed by atoms with Gasteiger partial charge in [0.25, 0.3) is 0 Å². The summed E-state index contributed by atoms with van der Waals surface area (Å²) in [7, 11) is 0. The van der Waals surface area contributed by atoms with Gasteiger partial charge in [0.05, 0.1) is 11.8 Å². The number of ether oxygens (including phenoxy) is 1. The normalized spacial score (nSPS) is 11.0. The molecular formula is C21H19FN4O2S. The lowest BCUT2D eigenvalue weighted by atomic mass is 10.2. The van der Waals surface area contributed by atoms with Crippen molar-refractivity contribution in [2.24, 2.45) is 0 Å². The van der Waals surface area contributed by atoms with Crippen molar-refractivity contribution in [3.05, 3.63) is 83.6 Å². The molecule has 0 saturated heterocycles. The number of halogens is 1. The van der Waals surface area contributed by atoms with Gasteiger partial charge >= 0.3 is 0 Å². The number of furan rings is 1. The highest BCUT2D eigenvalue weighted by Gasteiger charge is 2.15. The smallest absolute Gasteiger partial charge is 0.210 e. The molecule has 148 valence electrons. The Kier molecular flexibility index (Phi) is 5.53. The van der Waals surface area contributed by atoms with Crippen molar-refractivity contribution in [2.75, 3.05) is 5.84 Å². The number of rotatable bonds is 7. The van der Waals surface area contributed by atoms with Gasteiger partial charge in [0.2, 0.25) is 5.16 Å². The molecule has 8 heteroatoms.